The number of halogens is 2. The van der Waals surface area contributed by atoms with Gasteiger partial charge in [0.2, 0.25) is 5.78 Å². The first-order valence-electron chi connectivity index (χ1n) is 7.29. The van der Waals surface area contributed by atoms with Crippen LogP contribution in [0.3, 0.4) is 0 Å². The Morgan fingerprint density at radius 2 is 1.65 bits per heavy atom. The lowest BCUT2D eigenvalue weighted by atomic mass is 10.0. The largest absolute Gasteiger partial charge is 0.381 e. The minimum Gasteiger partial charge on any atom is -0.346 e. The van der Waals surface area contributed by atoms with Gasteiger partial charge in [-0.25, -0.2) is 0 Å². The molecule has 0 bridgehead atoms. The molecule has 0 atom stereocenters. The van der Waals surface area contributed by atoms with E-state index in [9.17, 15) is 18.4 Å². The van der Waals surface area contributed by atoms with Crippen molar-refractivity contribution in [1.29, 1.82) is 0 Å². The highest BCUT2D eigenvalue weighted by Gasteiger charge is 2.45. The number of alkyl halides is 2. The van der Waals surface area contributed by atoms with Crippen LogP contribution in [0.15, 0.2) is 54.6 Å². The van der Waals surface area contributed by atoms with Crippen LogP contribution in [0.5, 0.6) is 0 Å². The molecule has 2 aromatic rings. The van der Waals surface area contributed by atoms with Gasteiger partial charge in [0.25, 0.3) is 5.91 Å². The zero-order valence-electron chi connectivity index (χ0n) is 12.7. The maximum atomic E-state index is 13.5. The minimum absolute atomic E-state index is 0.0634. The maximum absolute atomic E-state index is 13.5. The fraction of sp³-hybridized carbons (Fsp3) is 0.222. The molecule has 1 N–H and O–H groups in total. The molecule has 0 heterocycles. The monoisotopic (exact) mass is 317 g/mol. The van der Waals surface area contributed by atoms with Crippen molar-refractivity contribution in [3.63, 3.8) is 0 Å². The van der Waals surface area contributed by atoms with Crippen LogP contribution in [-0.2, 0) is 16.1 Å². The van der Waals surface area contributed by atoms with E-state index in [0.717, 1.165) is 11.1 Å². The van der Waals surface area contributed by atoms with Crippen molar-refractivity contribution in [2.45, 2.75) is 25.8 Å². The fourth-order valence-electron chi connectivity index (χ4n) is 2.13. The minimum atomic E-state index is -3.98. The second-order valence-electron chi connectivity index (χ2n) is 5.10. The van der Waals surface area contributed by atoms with Gasteiger partial charge in [-0.15, -0.1) is 0 Å². The molecule has 3 nitrogen and oxygen atoms in total. The molecular formula is C18H17F2NO2. The van der Waals surface area contributed by atoms with Gasteiger partial charge in [-0.3, -0.25) is 9.59 Å². The van der Waals surface area contributed by atoms with E-state index in [2.05, 4.69) is 5.32 Å². The third-order valence-corrected chi connectivity index (χ3v) is 3.44. The predicted octanol–water partition coefficient (Wildman–Crippen LogP) is 3.58. The van der Waals surface area contributed by atoms with Gasteiger partial charge in [0.05, 0.1) is 0 Å². The highest BCUT2D eigenvalue weighted by Crippen LogP contribution is 2.21. The smallest absolute Gasteiger partial charge is 0.346 e. The van der Waals surface area contributed by atoms with Crippen LogP contribution in [0.4, 0.5) is 8.78 Å². The Kier molecular flexibility index (Phi) is 5.21. The summed E-state index contributed by atoms with van der Waals surface area (Å²) in [6.45, 7) is 1.24. The fourth-order valence-corrected chi connectivity index (χ4v) is 2.13. The van der Waals surface area contributed by atoms with Gasteiger partial charge >= 0.3 is 5.92 Å². The Morgan fingerprint density at radius 3 is 2.30 bits per heavy atom. The molecule has 0 aromatic heterocycles. The second kappa shape index (κ2) is 7.13. The Hall–Kier alpha value is -2.56. The van der Waals surface area contributed by atoms with E-state index >= 15 is 0 Å². The average molecular weight is 317 g/mol. The maximum Gasteiger partial charge on any atom is 0.381 e. The highest BCUT2D eigenvalue weighted by atomic mass is 19.3. The zero-order chi connectivity index (χ0) is 16.9. The van der Waals surface area contributed by atoms with Crippen LogP contribution in [-0.4, -0.2) is 17.6 Å². The lowest BCUT2D eigenvalue weighted by Crippen LogP contribution is -2.45. The predicted molar refractivity (Wildman–Crippen MR) is 84.0 cm³/mol. The molecule has 0 aliphatic heterocycles. The van der Waals surface area contributed by atoms with Gasteiger partial charge in [-0.2, -0.15) is 8.78 Å². The number of benzene rings is 2. The van der Waals surface area contributed by atoms with Gasteiger partial charge in [0, 0.05) is 13.0 Å². The van der Waals surface area contributed by atoms with E-state index in [1.54, 1.807) is 12.1 Å². The summed E-state index contributed by atoms with van der Waals surface area (Å²) in [7, 11) is 0. The summed E-state index contributed by atoms with van der Waals surface area (Å²) in [6.07, 6.45) is -0.385. The molecule has 2 rings (SSSR count). The topological polar surface area (TPSA) is 46.2 Å². The van der Waals surface area contributed by atoms with E-state index in [1.165, 1.54) is 6.92 Å². The quantitative estimate of drug-likeness (QED) is 0.828. The first-order valence-corrected chi connectivity index (χ1v) is 7.29. The molecule has 0 saturated carbocycles. The van der Waals surface area contributed by atoms with Crippen LogP contribution >= 0.6 is 0 Å². The third kappa shape index (κ3) is 4.00. The number of amides is 1. The molecule has 2 aromatic carbocycles. The van der Waals surface area contributed by atoms with Gasteiger partial charge in [-0.1, -0.05) is 55.5 Å². The number of hydrogen-bond donors (Lipinski definition) is 1. The standard InChI is InChI=1S/C18H17F2NO2/c1-2-16(22)18(19,20)17(23)21-12-13-7-6-10-15(11-13)14-8-4-3-5-9-14/h3-11H,2,12H2,1H3,(H,21,23). The Balaban J connectivity index is 2.07. The molecule has 120 valence electrons. The van der Waals surface area contributed by atoms with Gasteiger partial charge in [-0.05, 0) is 22.8 Å². The molecule has 0 spiro atoms. The van der Waals surface area contributed by atoms with Crippen LogP contribution in [0.2, 0.25) is 0 Å². The molecule has 23 heavy (non-hydrogen) atoms. The molecular weight excluding hydrogens is 300 g/mol. The number of carbonyl (C=O) groups is 2. The van der Waals surface area contributed by atoms with Crippen molar-refractivity contribution < 1.29 is 18.4 Å². The zero-order valence-corrected chi connectivity index (χ0v) is 12.7. The summed E-state index contributed by atoms with van der Waals surface area (Å²) in [5, 5.41) is 2.12. The van der Waals surface area contributed by atoms with Crippen LogP contribution < -0.4 is 5.32 Å². The SMILES string of the molecule is CCC(=O)C(F)(F)C(=O)NCc1cccc(-c2ccccc2)c1. The third-order valence-electron chi connectivity index (χ3n) is 3.44. The van der Waals surface area contributed by atoms with Crippen molar-refractivity contribution in [2.24, 2.45) is 0 Å². The van der Waals surface area contributed by atoms with Gasteiger partial charge in [0.15, 0.2) is 0 Å². The van der Waals surface area contributed by atoms with Crippen molar-refractivity contribution in [3.05, 3.63) is 60.2 Å². The first kappa shape index (κ1) is 16.8. The summed E-state index contributed by atoms with van der Waals surface area (Å²) < 4.78 is 27.0. The summed E-state index contributed by atoms with van der Waals surface area (Å²) in [4.78, 5) is 22.6. The van der Waals surface area contributed by atoms with Gasteiger partial charge in [0.1, 0.15) is 0 Å². The normalized spacial score (nSPS) is 11.1. The number of carbonyl (C=O) groups excluding carboxylic acids is 2. The number of hydrogen-bond acceptors (Lipinski definition) is 2. The molecule has 0 aliphatic carbocycles. The summed E-state index contributed by atoms with van der Waals surface area (Å²) in [5.74, 6) is -6.92. The molecule has 0 aliphatic rings. The van der Waals surface area contributed by atoms with Crippen LogP contribution in [0, 0.1) is 0 Å². The number of rotatable bonds is 6. The molecule has 0 radical (unpaired) electrons. The number of ketones is 1. The van der Waals surface area contributed by atoms with Crippen LogP contribution in [0.1, 0.15) is 18.9 Å². The van der Waals surface area contributed by atoms with E-state index in [4.69, 9.17) is 0 Å². The van der Waals surface area contributed by atoms with E-state index in [1.807, 2.05) is 42.5 Å². The van der Waals surface area contributed by atoms with Crippen molar-refractivity contribution in [3.8, 4) is 11.1 Å². The van der Waals surface area contributed by atoms with E-state index < -0.39 is 17.6 Å². The molecule has 1 amide bonds. The number of nitrogens with one attached hydrogen (secondary N) is 1. The molecule has 0 unspecified atom stereocenters. The van der Waals surface area contributed by atoms with E-state index in [-0.39, 0.29) is 13.0 Å². The molecule has 5 heteroatoms. The van der Waals surface area contributed by atoms with Crippen molar-refractivity contribution in [2.75, 3.05) is 0 Å². The van der Waals surface area contributed by atoms with Gasteiger partial charge < -0.3 is 5.32 Å². The highest BCUT2D eigenvalue weighted by molar-refractivity contribution is 6.07. The van der Waals surface area contributed by atoms with Crippen molar-refractivity contribution in [1.82, 2.24) is 5.32 Å². The number of Topliss-reactive ketones (excluding diaryl/α,β-unsaturated/α-hetero) is 1. The Labute approximate surface area is 133 Å². The lowest BCUT2D eigenvalue weighted by Gasteiger charge is -2.14. The first-order chi connectivity index (χ1) is 10.9. The lowest BCUT2D eigenvalue weighted by molar-refractivity contribution is -0.158. The second-order valence-corrected chi connectivity index (χ2v) is 5.10. The average Bonchev–Trinajstić information content (AvgIpc) is 2.59. The molecule has 0 saturated heterocycles. The van der Waals surface area contributed by atoms with Crippen LogP contribution in [0.25, 0.3) is 11.1 Å². The Morgan fingerprint density at radius 1 is 1.00 bits per heavy atom. The van der Waals surface area contributed by atoms with Crippen molar-refractivity contribution >= 4 is 11.7 Å². The van der Waals surface area contributed by atoms with E-state index in [0.29, 0.717) is 5.56 Å². The summed E-state index contributed by atoms with van der Waals surface area (Å²) in [6, 6.07) is 16.8. The summed E-state index contributed by atoms with van der Waals surface area (Å²) >= 11 is 0. The summed E-state index contributed by atoms with van der Waals surface area (Å²) in [5.41, 5.74) is 2.60. The Bertz CT molecular complexity index is 699. The molecule has 0 fully saturated rings.